The molecule has 0 spiro atoms. The Morgan fingerprint density at radius 3 is 2.85 bits per heavy atom. The SMILES string of the molecule is CCc1nn(C)c(Oc2cccc(CO)c2)c1[N+](=O)[O-]. The molecular formula is C13H15N3O4. The molecule has 0 aliphatic rings. The molecule has 0 saturated heterocycles. The van der Waals surface area contributed by atoms with E-state index in [0.29, 0.717) is 23.4 Å². The van der Waals surface area contributed by atoms with Crippen molar-refractivity contribution in [2.24, 2.45) is 7.05 Å². The summed E-state index contributed by atoms with van der Waals surface area (Å²) in [5.74, 6) is 0.507. The molecule has 0 saturated carbocycles. The normalized spacial score (nSPS) is 10.6. The van der Waals surface area contributed by atoms with E-state index in [1.54, 1.807) is 38.2 Å². The third kappa shape index (κ3) is 2.62. The summed E-state index contributed by atoms with van der Waals surface area (Å²) in [6.07, 6.45) is 0.449. The number of hydrogen-bond acceptors (Lipinski definition) is 5. The summed E-state index contributed by atoms with van der Waals surface area (Å²) in [4.78, 5) is 10.7. The van der Waals surface area contributed by atoms with Crippen LogP contribution >= 0.6 is 0 Å². The van der Waals surface area contributed by atoms with Crippen molar-refractivity contribution in [1.82, 2.24) is 9.78 Å². The number of nitrogens with zero attached hydrogens (tertiary/aromatic N) is 3. The molecule has 0 atom stereocenters. The number of aromatic nitrogens is 2. The molecule has 1 heterocycles. The molecular weight excluding hydrogens is 262 g/mol. The minimum absolute atomic E-state index is 0.0851. The minimum atomic E-state index is -0.489. The van der Waals surface area contributed by atoms with Crippen LogP contribution in [0.1, 0.15) is 18.2 Å². The molecule has 2 rings (SSSR count). The van der Waals surface area contributed by atoms with Crippen molar-refractivity contribution in [3.05, 3.63) is 45.6 Å². The van der Waals surface area contributed by atoms with Gasteiger partial charge in [0.1, 0.15) is 11.4 Å². The zero-order valence-electron chi connectivity index (χ0n) is 11.2. The van der Waals surface area contributed by atoms with Gasteiger partial charge < -0.3 is 9.84 Å². The second-order valence-corrected chi connectivity index (χ2v) is 4.24. The summed E-state index contributed by atoms with van der Waals surface area (Å²) < 4.78 is 6.92. The van der Waals surface area contributed by atoms with Crippen molar-refractivity contribution >= 4 is 5.69 Å². The fourth-order valence-corrected chi connectivity index (χ4v) is 1.91. The molecule has 7 heteroatoms. The van der Waals surface area contributed by atoms with E-state index in [0.717, 1.165) is 0 Å². The monoisotopic (exact) mass is 277 g/mol. The molecule has 7 nitrogen and oxygen atoms in total. The fraction of sp³-hybridized carbons (Fsp3) is 0.308. The van der Waals surface area contributed by atoms with E-state index in [2.05, 4.69) is 5.10 Å². The molecule has 0 bridgehead atoms. The van der Waals surface area contributed by atoms with Crippen LogP contribution in [0.3, 0.4) is 0 Å². The maximum atomic E-state index is 11.2. The van der Waals surface area contributed by atoms with Gasteiger partial charge in [0.2, 0.25) is 0 Å². The van der Waals surface area contributed by atoms with E-state index in [1.165, 1.54) is 4.68 Å². The van der Waals surface area contributed by atoms with Crippen LogP contribution in [-0.4, -0.2) is 19.8 Å². The van der Waals surface area contributed by atoms with Gasteiger partial charge in [-0.3, -0.25) is 10.1 Å². The quantitative estimate of drug-likeness (QED) is 0.668. The summed E-state index contributed by atoms with van der Waals surface area (Å²) in [6, 6.07) is 6.75. The van der Waals surface area contributed by atoms with Crippen molar-refractivity contribution in [3.63, 3.8) is 0 Å². The Kier molecular flexibility index (Phi) is 3.99. The van der Waals surface area contributed by atoms with Crippen molar-refractivity contribution in [1.29, 1.82) is 0 Å². The highest BCUT2D eigenvalue weighted by Gasteiger charge is 2.27. The lowest BCUT2D eigenvalue weighted by Gasteiger charge is -2.06. The zero-order valence-corrected chi connectivity index (χ0v) is 11.2. The Bertz CT molecular complexity index is 637. The van der Waals surface area contributed by atoms with Crippen molar-refractivity contribution < 1.29 is 14.8 Å². The number of benzene rings is 1. The Hall–Kier alpha value is -2.41. The van der Waals surface area contributed by atoms with E-state index in [1.807, 2.05) is 0 Å². The van der Waals surface area contributed by atoms with Gasteiger partial charge in [-0.15, -0.1) is 0 Å². The van der Waals surface area contributed by atoms with Crippen LogP contribution in [0.25, 0.3) is 0 Å². The lowest BCUT2D eigenvalue weighted by molar-refractivity contribution is -0.386. The summed E-state index contributed by atoms with van der Waals surface area (Å²) in [5, 5.41) is 24.3. The molecule has 2 aromatic rings. The Labute approximate surface area is 115 Å². The third-order valence-corrected chi connectivity index (χ3v) is 2.85. The molecule has 1 aromatic heterocycles. The Morgan fingerprint density at radius 1 is 1.50 bits per heavy atom. The highest BCUT2D eigenvalue weighted by Crippen LogP contribution is 2.34. The average Bonchev–Trinajstić information content (AvgIpc) is 2.75. The molecule has 0 fully saturated rings. The van der Waals surface area contributed by atoms with Crippen LogP contribution < -0.4 is 4.74 Å². The zero-order chi connectivity index (χ0) is 14.7. The largest absolute Gasteiger partial charge is 0.434 e. The summed E-state index contributed by atoms with van der Waals surface area (Å²) in [5.41, 5.74) is 0.929. The lowest BCUT2D eigenvalue weighted by Crippen LogP contribution is -1.98. The van der Waals surface area contributed by atoms with E-state index < -0.39 is 4.92 Å². The van der Waals surface area contributed by atoms with E-state index in [4.69, 9.17) is 9.84 Å². The first-order valence-corrected chi connectivity index (χ1v) is 6.14. The highest BCUT2D eigenvalue weighted by molar-refractivity contribution is 5.48. The summed E-state index contributed by atoms with van der Waals surface area (Å²) in [7, 11) is 1.59. The molecule has 20 heavy (non-hydrogen) atoms. The second kappa shape index (κ2) is 5.70. The van der Waals surface area contributed by atoms with Crippen LogP contribution in [0.5, 0.6) is 11.6 Å². The predicted octanol–water partition coefficient (Wildman–Crippen LogP) is 2.18. The maximum absolute atomic E-state index is 11.2. The number of aliphatic hydroxyl groups excluding tert-OH is 1. The first-order chi connectivity index (χ1) is 9.56. The first-order valence-electron chi connectivity index (χ1n) is 6.14. The van der Waals surface area contributed by atoms with Gasteiger partial charge in [-0.2, -0.15) is 5.10 Å². The average molecular weight is 277 g/mol. The van der Waals surface area contributed by atoms with Gasteiger partial charge in [0.25, 0.3) is 5.88 Å². The van der Waals surface area contributed by atoms with Crippen molar-refractivity contribution in [2.75, 3.05) is 0 Å². The molecule has 0 aliphatic heterocycles. The number of rotatable bonds is 5. The molecule has 1 N–H and O–H groups in total. The Morgan fingerprint density at radius 2 is 2.25 bits per heavy atom. The van der Waals surface area contributed by atoms with Gasteiger partial charge in [0.15, 0.2) is 0 Å². The lowest BCUT2D eigenvalue weighted by atomic mass is 10.2. The number of hydrogen-bond donors (Lipinski definition) is 1. The van der Waals surface area contributed by atoms with Gasteiger partial charge in [0.05, 0.1) is 11.5 Å². The van der Waals surface area contributed by atoms with Gasteiger partial charge >= 0.3 is 5.69 Å². The van der Waals surface area contributed by atoms with Crippen LogP contribution in [-0.2, 0) is 20.1 Å². The van der Waals surface area contributed by atoms with Crippen LogP contribution in [0.15, 0.2) is 24.3 Å². The number of aryl methyl sites for hydroxylation is 2. The number of ether oxygens (including phenoxy) is 1. The topological polar surface area (TPSA) is 90.4 Å². The minimum Gasteiger partial charge on any atom is -0.434 e. The number of nitro groups is 1. The van der Waals surface area contributed by atoms with Crippen molar-refractivity contribution in [2.45, 2.75) is 20.0 Å². The molecule has 0 radical (unpaired) electrons. The van der Waals surface area contributed by atoms with Gasteiger partial charge in [0, 0.05) is 7.05 Å². The van der Waals surface area contributed by atoms with E-state index >= 15 is 0 Å². The van der Waals surface area contributed by atoms with Crippen LogP contribution in [0.2, 0.25) is 0 Å². The molecule has 0 amide bonds. The Balaban J connectivity index is 2.42. The van der Waals surface area contributed by atoms with Gasteiger partial charge in [-0.25, -0.2) is 4.68 Å². The second-order valence-electron chi connectivity index (χ2n) is 4.24. The summed E-state index contributed by atoms with van der Waals surface area (Å²) >= 11 is 0. The predicted molar refractivity (Wildman–Crippen MR) is 71.7 cm³/mol. The molecule has 106 valence electrons. The van der Waals surface area contributed by atoms with Crippen LogP contribution in [0, 0.1) is 10.1 Å². The van der Waals surface area contributed by atoms with Gasteiger partial charge in [-0.05, 0) is 24.1 Å². The van der Waals surface area contributed by atoms with Crippen LogP contribution in [0.4, 0.5) is 5.69 Å². The molecule has 0 aliphatic carbocycles. The third-order valence-electron chi connectivity index (χ3n) is 2.85. The number of aliphatic hydroxyl groups is 1. The summed E-state index contributed by atoms with van der Waals surface area (Å²) in [6.45, 7) is 1.68. The smallest absolute Gasteiger partial charge is 0.353 e. The standard InChI is InChI=1S/C13H15N3O4/c1-3-11-12(16(18)19)13(15(2)14-11)20-10-6-4-5-9(7-10)8-17/h4-7,17H,3,8H2,1-2H3. The van der Waals surface area contributed by atoms with Gasteiger partial charge in [-0.1, -0.05) is 19.1 Å². The fourth-order valence-electron chi connectivity index (χ4n) is 1.91. The van der Waals surface area contributed by atoms with Crippen molar-refractivity contribution in [3.8, 4) is 11.6 Å². The maximum Gasteiger partial charge on any atom is 0.353 e. The van der Waals surface area contributed by atoms with E-state index in [-0.39, 0.29) is 18.2 Å². The molecule has 0 unspecified atom stereocenters. The first kappa shape index (κ1) is 14.0. The molecule has 1 aromatic carbocycles. The highest BCUT2D eigenvalue weighted by atomic mass is 16.6. The van der Waals surface area contributed by atoms with E-state index in [9.17, 15) is 10.1 Å².